The van der Waals surface area contributed by atoms with Gasteiger partial charge in [0.25, 0.3) is 0 Å². The number of carbonyl (C=O) groups is 2. The standard InChI is InChI=1S/C22H18ClNO4/c23-16-8-6-15(7-9-16)19-11-18(25)12-20(19)21(26)24-17(13-28-22(24)27)10-14-4-2-1-3-5-14/h1-9,13,19-20H,10-12H2/t19-,20+/m0/s1. The van der Waals surface area contributed by atoms with Crippen LogP contribution in [0.25, 0.3) is 0 Å². The molecule has 2 aromatic carbocycles. The molecular formula is C22H18ClNO4. The molecule has 1 heterocycles. The largest absolute Gasteiger partial charge is 0.426 e. The van der Waals surface area contributed by atoms with E-state index in [0.717, 1.165) is 15.7 Å². The molecular weight excluding hydrogens is 378 g/mol. The van der Waals surface area contributed by atoms with Gasteiger partial charge in [-0.05, 0) is 23.3 Å². The number of Topliss-reactive ketones (excluding diaryl/α,β-unsaturated/α-hetero) is 1. The fourth-order valence-electron chi connectivity index (χ4n) is 3.84. The quantitative estimate of drug-likeness (QED) is 0.667. The monoisotopic (exact) mass is 395 g/mol. The second-order valence-corrected chi connectivity index (χ2v) is 7.48. The molecule has 142 valence electrons. The van der Waals surface area contributed by atoms with Crippen LogP contribution in [-0.4, -0.2) is 16.3 Å². The van der Waals surface area contributed by atoms with Gasteiger partial charge >= 0.3 is 5.76 Å². The molecule has 1 aliphatic carbocycles. The highest BCUT2D eigenvalue weighted by Gasteiger charge is 2.40. The lowest BCUT2D eigenvalue weighted by molar-refractivity contribution is -0.117. The van der Waals surface area contributed by atoms with Gasteiger partial charge < -0.3 is 4.42 Å². The second kappa shape index (κ2) is 7.60. The molecule has 1 aromatic heterocycles. The molecule has 0 spiro atoms. The van der Waals surface area contributed by atoms with Crippen LogP contribution < -0.4 is 5.76 Å². The highest BCUT2D eigenvalue weighted by molar-refractivity contribution is 6.30. The summed E-state index contributed by atoms with van der Waals surface area (Å²) in [5.74, 6) is -1.97. The molecule has 0 aliphatic heterocycles. The van der Waals surface area contributed by atoms with Crippen LogP contribution in [-0.2, 0) is 11.2 Å². The molecule has 0 saturated heterocycles. The van der Waals surface area contributed by atoms with E-state index in [1.807, 2.05) is 42.5 Å². The fourth-order valence-corrected chi connectivity index (χ4v) is 3.97. The van der Waals surface area contributed by atoms with Gasteiger partial charge in [-0.2, -0.15) is 0 Å². The minimum absolute atomic E-state index is 0.0134. The Morgan fingerprint density at radius 3 is 2.46 bits per heavy atom. The zero-order valence-electron chi connectivity index (χ0n) is 15.0. The maximum atomic E-state index is 13.3. The molecule has 3 aromatic rings. The topological polar surface area (TPSA) is 69.3 Å². The summed E-state index contributed by atoms with van der Waals surface area (Å²) in [6.07, 6.45) is 2.11. The number of rotatable bonds is 4. The predicted molar refractivity (Wildman–Crippen MR) is 105 cm³/mol. The van der Waals surface area contributed by atoms with Gasteiger partial charge in [0, 0.05) is 30.2 Å². The van der Waals surface area contributed by atoms with E-state index in [9.17, 15) is 14.4 Å². The number of halogens is 1. The van der Waals surface area contributed by atoms with Gasteiger partial charge in [0.05, 0.1) is 11.6 Å². The Labute approximate surface area is 166 Å². The average Bonchev–Trinajstić information content (AvgIpc) is 3.25. The van der Waals surface area contributed by atoms with Crippen molar-refractivity contribution in [1.82, 2.24) is 4.57 Å². The Bertz CT molecular complexity index is 1070. The van der Waals surface area contributed by atoms with Crippen LogP contribution in [0.3, 0.4) is 0 Å². The SMILES string of the molecule is O=C1C[C@@H](C(=O)n2c(Cc3ccccc3)coc2=O)[C@H](c2ccc(Cl)cc2)C1. The maximum Gasteiger partial charge on any atom is 0.426 e. The molecule has 6 heteroatoms. The van der Waals surface area contributed by atoms with E-state index in [-0.39, 0.29) is 24.5 Å². The van der Waals surface area contributed by atoms with E-state index >= 15 is 0 Å². The van der Waals surface area contributed by atoms with E-state index < -0.39 is 17.6 Å². The molecule has 4 rings (SSSR count). The first-order chi connectivity index (χ1) is 13.5. The third-order valence-corrected chi connectivity index (χ3v) is 5.46. The third-order valence-electron chi connectivity index (χ3n) is 5.21. The smallest absolute Gasteiger partial charge is 0.416 e. The molecule has 2 atom stereocenters. The Morgan fingerprint density at radius 2 is 1.75 bits per heavy atom. The zero-order chi connectivity index (χ0) is 19.7. The number of hydrogen-bond acceptors (Lipinski definition) is 4. The van der Waals surface area contributed by atoms with Crippen molar-refractivity contribution >= 4 is 23.3 Å². The highest BCUT2D eigenvalue weighted by Crippen LogP contribution is 2.39. The summed E-state index contributed by atoms with van der Waals surface area (Å²) in [6.45, 7) is 0. The van der Waals surface area contributed by atoms with E-state index in [1.165, 1.54) is 6.26 Å². The number of oxazole rings is 1. The van der Waals surface area contributed by atoms with Crippen molar-refractivity contribution in [3.8, 4) is 0 Å². The maximum absolute atomic E-state index is 13.3. The molecule has 5 nitrogen and oxygen atoms in total. The van der Waals surface area contributed by atoms with Crippen LogP contribution in [0.1, 0.15) is 40.4 Å². The van der Waals surface area contributed by atoms with Crippen LogP contribution >= 0.6 is 11.6 Å². The Morgan fingerprint density at radius 1 is 1.04 bits per heavy atom. The molecule has 0 unspecified atom stereocenters. The zero-order valence-corrected chi connectivity index (χ0v) is 15.8. The van der Waals surface area contributed by atoms with E-state index in [2.05, 4.69) is 0 Å². The number of benzene rings is 2. The van der Waals surface area contributed by atoms with E-state index in [1.54, 1.807) is 12.1 Å². The molecule has 1 fully saturated rings. The summed E-state index contributed by atoms with van der Waals surface area (Å²) in [5.41, 5.74) is 2.31. The normalized spacial score (nSPS) is 19.1. The van der Waals surface area contributed by atoms with Crippen LogP contribution in [0.2, 0.25) is 5.02 Å². The molecule has 0 N–H and O–H groups in total. The van der Waals surface area contributed by atoms with Crippen molar-refractivity contribution in [3.05, 3.63) is 93.3 Å². The lowest BCUT2D eigenvalue weighted by atomic mass is 9.88. The minimum Gasteiger partial charge on any atom is -0.416 e. The van der Waals surface area contributed by atoms with Gasteiger partial charge in [0.1, 0.15) is 12.0 Å². The first-order valence-corrected chi connectivity index (χ1v) is 9.45. The fraction of sp³-hybridized carbons (Fsp3) is 0.227. The van der Waals surface area contributed by atoms with Gasteiger partial charge in [0.15, 0.2) is 0 Å². The average molecular weight is 396 g/mol. The van der Waals surface area contributed by atoms with Crippen molar-refractivity contribution in [3.63, 3.8) is 0 Å². The first-order valence-electron chi connectivity index (χ1n) is 9.07. The van der Waals surface area contributed by atoms with Crippen LogP contribution in [0.15, 0.2) is 70.1 Å². The molecule has 1 aliphatic rings. The lowest BCUT2D eigenvalue weighted by Crippen LogP contribution is -2.32. The molecule has 0 amide bonds. The second-order valence-electron chi connectivity index (χ2n) is 7.04. The highest BCUT2D eigenvalue weighted by atomic mass is 35.5. The summed E-state index contributed by atoms with van der Waals surface area (Å²) < 4.78 is 6.10. The lowest BCUT2D eigenvalue weighted by Gasteiger charge is -2.18. The van der Waals surface area contributed by atoms with Gasteiger partial charge in [-0.3, -0.25) is 9.59 Å². The van der Waals surface area contributed by atoms with Gasteiger partial charge in [-0.25, -0.2) is 9.36 Å². The molecule has 28 heavy (non-hydrogen) atoms. The summed E-state index contributed by atoms with van der Waals surface area (Å²) >= 11 is 5.95. The molecule has 0 bridgehead atoms. The van der Waals surface area contributed by atoms with E-state index in [0.29, 0.717) is 17.1 Å². The van der Waals surface area contributed by atoms with Crippen LogP contribution in [0.4, 0.5) is 0 Å². The third kappa shape index (κ3) is 3.58. The van der Waals surface area contributed by atoms with Gasteiger partial charge in [0.2, 0.25) is 5.91 Å². The Balaban J connectivity index is 1.66. The number of ketones is 1. The van der Waals surface area contributed by atoms with Crippen molar-refractivity contribution in [2.75, 3.05) is 0 Å². The summed E-state index contributed by atoms with van der Waals surface area (Å²) in [4.78, 5) is 37.7. The number of aromatic nitrogens is 1. The summed E-state index contributed by atoms with van der Waals surface area (Å²) in [5, 5.41) is 0.590. The van der Waals surface area contributed by atoms with Crippen molar-refractivity contribution in [2.24, 2.45) is 5.92 Å². The molecule has 1 saturated carbocycles. The van der Waals surface area contributed by atoms with Crippen molar-refractivity contribution < 1.29 is 14.0 Å². The van der Waals surface area contributed by atoms with Crippen molar-refractivity contribution in [2.45, 2.75) is 25.2 Å². The minimum atomic E-state index is -0.717. The van der Waals surface area contributed by atoms with Gasteiger partial charge in [-0.1, -0.05) is 54.1 Å². The van der Waals surface area contributed by atoms with Crippen LogP contribution in [0.5, 0.6) is 0 Å². The summed E-state index contributed by atoms with van der Waals surface area (Å²) in [7, 11) is 0. The Hall–Kier alpha value is -2.92. The number of carbonyl (C=O) groups excluding carboxylic acids is 2. The number of hydrogen-bond donors (Lipinski definition) is 0. The number of nitrogens with zero attached hydrogens (tertiary/aromatic N) is 1. The predicted octanol–water partition coefficient (Wildman–Crippen LogP) is 4.09. The Kier molecular flexibility index (Phi) is 5.01. The van der Waals surface area contributed by atoms with Crippen molar-refractivity contribution in [1.29, 1.82) is 0 Å². The van der Waals surface area contributed by atoms with Gasteiger partial charge in [-0.15, -0.1) is 0 Å². The summed E-state index contributed by atoms with van der Waals surface area (Å²) in [6, 6.07) is 16.7. The van der Waals surface area contributed by atoms with Crippen LogP contribution in [0, 0.1) is 5.92 Å². The molecule has 0 radical (unpaired) electrons. The first kappa shape index (κ1) is 18.4. The van der Waals surface area contributed by atoms with E-state index in [4.69, 9.17) is 16.0 Å².